The summed E-state index contributed by atoms with van der Waals surface area (Å²) >= 11 is 2.10. The van der Waals surface area contributed by atoms with Gasteiger partial charge in [0.25, 0.3) is 0 Å². The van der Waals surface area contributed by atoms with Crippen molar-refractivity contribution in [3.63, 3.8) is 0 Å². The average Bonchev–Trinajstić information content (AvgIpc) is 2.36. The van der Waals surface area contributed by atoms with Crippen LogP contribution in [0, 0.1) is 0 Å². The Bertz CT molecular complexity index is 384. The molecule has 3 unspecified atom stereocenters. The Morgan fingerprint density at radius 2 is 1.83 bits per heavy atom. The van der Waals surface area contributed by atoms with Crippen molar-refractivity contribution in [1.29, 1.82) is 0 Å². The summed E-state index contributed by atoms with van der Waals surface area (Å²) in [5.41, 5.74) is 2.81. The molecule has 100 valence electrons. The lowest BCUT2D eigenvalue weighted by Crippen LogP contribution is -2.41. The molecule has 3 atom stereocenters. The highest BCUT2D eigenvalue weighted by Gasteiger charge is 2.24. The monoisotopic (exact) mass is 264 g/mol. The van der Waals surface area contributed by atoms with Crippen LogP contribution in [-0.4, -0.2) is 30.6 Å². The number of anilines is 1. The van der Waals surface area contributed by atoms with Gasteiger partial charge < -0.3 is 10.2 Å². The van der Waals surface area contributed by atoms with E-state index in [9.17, 15) is 0 Å². The maximum absolute atomic E-state index is 3.35. The third-order valence-electron chi connectivity index (χ3n) is 3.60. The van der Waals surface area contributed by atoms with Crippen LogP contribution in [0.1, 0.15) is 32.4 Å². The zero-order chi connectivity index (χ0) is 13.1. The minimum atomic E-state index is 0.404. The lowest BCUT2D eigenvalue weighted by atomic mass is 10.0. The van der Waals surface area contributed by atoms with Gasteiger partial charge in [0, 0.05) is 35.3 Å². The summed E-state index contributed by atoms with van der Waals surface area (Å²) in [4.78, 5) is 2.55. The third-order valence-corrected chi connectivity index (χ3v) is 4.82. The van der Waals surface area contributed by atoms with Crippen LogP contribution in [0.2, 0.25) is 0 Å². The Morgan fingerprint density at radius 3 is 2.44 bits per heavy atom. The minimum Gasteiger partial charge on any atom is -0.369 e. The van der Waals surface area contributed by atoms with Gasteiger partial charge in [0.05, 0.1) is 0 Å². The van der Waals surface area contributed by atoms with Crippen molar-refractivity contribution in [1.82, 2.24) is 5.32 Å². The Morgan fingerprint density at radius 1 is 1.22 bits per heavy atom. The number of para-hydroxylation sites is 1. The highest BCUT2D eigenvalue weighted by atomic mass is 32.2. The van der Waals surface area contributed by atoms with Gasteiger partial charge in [-0.05, 0) is 25.6 Å². The normalized spacial score (nSPS) is 26.1. The van der Waals surface area contributed by atoms with Crippen LogP contribution < -0.4 is 10.2 Å². The van der Waals surface area contributed by atoms with Crippen molar-refractivity contribution in [2.75, 3.05) is 25.0 Å². The largest absolute Gasteiger partial charge is 0.369 e. The van der Waals surface area contributed by atoms with Crippen molar-refractivity contribution in [3.05, 3.63) is 29.8 Å². The molecule has 2 rings (SSSR count). The van der Waals surface area contributed by atoms with E-state index < -0.39 is 0 Å². The van der Waals surface area contributed by atoms with E-state index in [1.165, 1.54) is 11.3 Å². The Hall–Kier alpha value is -0.670. The molecule has 1 aromatic rings. The molecule has 18 heavy (non-hydrogen) atoms. The van der Waals surface area contributed by atoms with Crippen molar-refractivity contribution in [2.45, 2.75) is 37.3 Å². The van der Waals surface area contributed by atoms with Crippen LogP contribution in [0.15, 0.2) is 24.3 Å². The molecule has 2 nitrogen and oxygen atoms in total. The van der Waals surface area contributed by atoms with Crippen LogP contribution in [-0.2, 0) is 0 Å². The molecule has 0 spiro atoms. The van der Waals surface area contributed by atoms with Crippen LogP contribution >= 0.6 is 11.8 Å². The molecule has 0 bridgehead atoms. The van der Waals surface area contributed by atoms with E-state index >= 15 is 0 Å². The molecule has 0 amide bonds. The molecular weight excluding hydrogens is 240 g/mol. The van der Waals surface area contributed by atoms with E-state index in [0.717, 1.165) is 13.1 Å². The summed E-state index contributed by atoms with van der Waals surface area (Å²) in [6, 6.07) is 9.20. The van der Waals surface area contributed by atoms with Gasteiger partial charge in [0.2, 0.25) is 0 Å². The van der Waals surface area contributed by atoms with Crippen LogP contribution in [0.4, 0.5) is 5.69 Å². The zero-order valence-electron chi connectivity index (χ0n) is 11.8. The average molecular weight is 264 g/mol. The number of rotatable bonds is 3. The van der Waals surface area contributed by atoms with Gasteiger partial charge in [-0.2, -0.15) is 11.8 Å². The molecule has 0 radical (unpaired) electrons. The van der Waals surface area contributed by atoms with E-state index in [1.54, 1.807) is 0 Å². The van der Waals surface area contributed by atoms with E-state index in [1.807, 2.05) is 7.05 Å². The number of benzene rings is 1. The SMILES string of the molecule is CNC(C)c1ccccc1N1CC(C)SC(C)C1. The summed E-state index contributed by atoms with van der Waals surface area (Å²) < 4.78 is 0. The van der Waals surface area contributed by atoms with Gasteiger partial charge in [-0.3, -0.25) is 0 Å². The first-order valence-corrected chi connectivity index (χ1v) is 7.72. The number of hydrogen-bond donors (Lipinski definition) is 1. The molecule has 1 fully saturated rings. The molecule has 0 aliphatic carbocycles. The molecule has 1 heterocycles. The van der Waals surface area contributed by atoms with Crippen molar-refractivity contribution in [2.24, 2.45) is 0 Å². The Kier molecular flexibility index (Phi) is 4.57. The van der Waals surface area contributed by atoms with Gasteiger partial charge in [-0.1, -0.05) is 32.0 Å². The summed E-state index contributed by atoms with van der Waals surface area (Å²) in [6.07, 6.45) is 0. The van der Waals surface area contributed by atoms with Gasteiger partial charge in [0.1, 0.15) is 0 Å². The Labute approximate surface area is 115 Å². The summed E-state index contributed by atoms with van der Waals surface area (Å²) in [6.45, 7) is 9.20. The first-order valence-electron chi connectivity index (χ1n) is 6.78. The van der Waals surface area contributed by atoms with Crippen molar-refractivity contribution < 1.29 is 0 Å². The lowest BCUT2D eigenvalue weighted by molar-refractivity contribution is 0.642. The standard InChI is InChI=1S/C15H24N2S/c1-11-9-17(10-12(2)18-11)15-8-6-5-7-14(15)13(3)16-4/h5-8,11-13,16H,9-10H2,1-4H3. The zero-order valence-corrected chi connectivity index (χ0v) is 12.6. The minimum absolute atomic E-state index is 0.404. The maximum Gasteiger partial charge on any atom is 0.0415 e. The summed E-state index contributed by atoms with van der Waals surface area (Å²) in [7, 11) is 2.03. The molecule has 0 aromatic heterocycles. The second-order valence-electron chi connectivity index (χ2n) is 5.23. The fourth-order valence-electron chi connectivity index (χ4n) is 2.67. The number of thioether (sulfide) groups is 1. The van der Waals surface area contributed by atoms with Gasteiger partial charge in [-0.25, -0.2) is 0 Å². The quantitative estimate of drug-likeness (QED) is 0.902. The van der Waals surface area contributed by atoms with E-state index in [2.05, 4.69) is 67.0 Å². The predicted molar refractivity (Wildman–Crippen MR) is 82.6 cm³/mol. The molecule has 3 heteroatoms. The third kappa shape index (κ3) is 3.01. The second-order valence-corrected chi connectivity index (χ2v) is 7.11. The second kappa shape index (κ2) is 5.98. The van der Waals surface area contributed by atoms with Crippen molar-refractivity contribution in [3.8, 4) is 0 Å². The molecule has 1 aromatic carbocycles. The van der Waals surface area contributed by atoms with Crippen molar-refractivity contribution >= 4 is 17.4 Å². The first-order chi connectivity index (χ1) is 8.61. The van der Waals surface area contributed by atoms with Crippen LogP contribution in [0.25, 0.3) is 0 Å². The molecule has 1 aliphatic rings. The predicted octanol–water partition coefficient (Wildman–Crippen LogP) is 3.30. The smallest absolute Gasteiger partial charge is 0.0415 e. The van der Waals surface area contributed by atoms with E-state index in [-0.39, 0.29) is 0 Å². The topological polar surface area (TPSA) is 15.3 Å². The fraction of sp³-hybridized carbons (Fsp3) is 0.600. The molecule has 1 aliphatic heterocycles. The fourth-order valence-corrected chi connectivity index (χ4v) is 4.00. The molecular formula is C15H24N2S. The first kappa shape index (κ1) is 13.8. The molecule has 0 saturated carbocycles. The van der Waals surface area contributed by atoms with E-state index in [4.69, 9.17) is 0 Å². The molecule has 1 saturated heterocycles. The number of nitrogens with zero attached hydrogens (tertiary/aromatic N) is 1. The van der Waals surface area contributed by atoms with Gasteiger partial charge >= 0.3 is 0 Å². The van der Waals surface area contributed by atoms with E-state index in [0.29, 0.717) is 16.5 Å². The number of nitrogens with one attached hydrogen (secondary N) is 1. The van der Waals surface area contributed by atoms with Crippen LogP contribution in [0.3, 0.4) is 0 Å². The highest BCUT2D eigenvalue weighted by molar-refractivity contribution is 8.00. The highest BCUT2D eigenvalue weighted by Crippen LogP contribution is 2.32. The van der Waals surface area contributed by atoms with Gasteiger partial charge in [0.15, 0.2) is 0 Å². The van der Waals surface area contributed by atoms with Gasteiger partial charge in [-0.15, -0.1) is 0 Å². The summed E-state index contributed by atoms with van der Waals surface area (Å²) in [5.74, 6) is 0. The summed E-state index contributed by atoms with van der Waals surface area (Å²) in [5, 5.41) is 4.78. The Balaban J connectivity index is 2.26. The number of hydrogen-bond acceptors (Lipinski definition) is 3. The molecule has 1 N–H and O–H groups in total. The van der Waals surface area contributed by atoms with Crippen LogP contribution in [0.5, 0.6) is 0 Å². The maximum atomic E-state index is 3.35. The lowest BCUT2D eigenvalue weighted by Gasteiger charge is -2.38.